The molecule has 6 heteroatoms. The number of thiazole rings is 1. The van der Waals surface area contributed by atoms with E-state index in [1.54, 1.807) is 17.2 Å². The van der Waals surface area contributed by atoms with E-state index in [2.05, 4.69) is 4.98 Å². The van der Waals surface area contributed by atoms with Gasteiger partial charge in [-0.15, -0.1) is 11.3 Å². The van der Waals surface area contributed by atoms with Gasteiger partial charge in [0.1, 0.15) is 10.7 Å². The minimum atomic E-state index is -0.768. The quantitative estimate of drug-likeness (QED) is 0.817. The Hall–Kier alpha value is -0.980. The third kappa shape index (κ3) is 2.65. The molecule has 0 saturated carbocycles. The summed E-state index contributed by atoms with van der Waals surface area (Å²) in [6.45, 7) is 4.54. The van der Waals surface area contributed by atoms with Crippen molar-refractivity contribution < 1.29 is 9.90 Å². The molecule has 0 spiro atoms. The summed E-state index contributed by atoms with van der Waals surface area (Å²) in [5.74, 6) is -0.120. The van der Waals surface area contributed by atoms with Gasteiger partial charge in [-0.2, -0.15) is 0 Å². The molecule has 1 aliphatic rings. The van der Waals surface area contributed by atoms with Crippen LogP contribution in [0.25, 0.3) is 0 Å². The smallest absolute Gasteiger partial charge is 0.273 e. The van der Waals surface area contributed by atoms with Crippen molar-refractivity contribution in [3.05, 3.63) is 16.1 Å². The fourth-order valence-corrected chi connectivity index (χ4v) is 2.63. The lowest BCUT2D eigenvalue weighted by molar-refractivity contribution is 0.0569. The lowest BCUT2D eigenvalue weighted by Gasteiger charge is -2.17. The molecule has 0 bridgehead atoms. The first-order valence-electron chi connectivity index (χ1n) is 5.62. The minimum absolute atomic E-state index is 0.120. The molecule has 2 atom stereocenters. The van der Waals surface area contributed by atoms with E-state index >= 15 is 0 Å². The molecule has 2 rings (SSSR count). The molecule has 1 saturated heterocycles. The molecule has 1 aromatic heterocycles. The largest absolute Gasteiger partial charge is 0.388 e. The Labute approximate surface area is 104 Å². The second-order valence-corrected chi connectivity index (χ2v) is 5.72. The highest BCUT2D eigenvalue weighted by atomic mass is 32.1. The number of nitrogens with two attached hydrogens (primary N) is 1. The van der Waals surface area contributed by atoms with E-state index in [0.29, 0.717) is 25.2 Å². The maximum absolute atomic E-state index is 12.1. The zero-order valence-corrected chi connectivity index (χ0v) is 10.8. The van der Waals surface area contributed by atoms with Crippen LogP contribution in [0.15, 0.2) is 5.38 Å². The maximum atomic E-state index is 12.1. The maximum Gasteiger partial charge on any atom is 0.273 e. The van der Waals surface area contributed by atoms with Crippen molar-refractivity contribution in [3.63, 3.8) is 0 Å². The number of nitrogens with zero attached hydrogens (tertiary/aromatic N) is 2. The minimum Gasteiger partial charge on any atom is -0.388 e. The number of amides is 1. The van der Waals surface area contributed by atoms with Crippen LogP contribution in [-0.4, -0.2) is 39.6 Å². The van der Waals surface area contributed by atoms with E-state index in [4.69, 9.17) is 5.73 Å². The average molecular weight is 255 g/mol. The fourth-order valence-electron chi connectivity index (χ4n) is 1.88. The van der Waals surface area contributed by atoms with Crippen LogP contribution < -0.4 is 5.73 Å². The molecule has 1 amide bonds. The molecule has 5 nitrogen and oxygen atoms in total. The van der Waals surface area contributed by atoms with Crippen molar-refractivity contribution in [3.8, 4) is 0 Å². The molecule has 0 radical (unpaired) electrons. The van der Waals surface area contributed by atoms with Crippen LogP contribution in [0.3, 0.4) is 0 Å². The van der Waals surface area contributed by atoms with E-state index < -0.39 is 5.60 Å². The molecule has 94 valence electrons. The number of aromatic nitrogens is 1. The number of likely N-dealkylation sites (tertiary alicyclic amines) is 1. The third-order valence-electron chi connectivity index (χ3n) is 2.87. The topological polar surface area (TPSA) is 79.5 Å². The van der Waals surface area contributed by atoms with Crippen molar-refractivity contribution in [2.75, 3.05) is 13.1 Å². The number of carbonyl (C=O) groups is 1. The van der Waals surface area contributed by atoms with Gasteiger partial charge in [0.15, 0.2) is 0 Å². The molecular weight excluding hydrogens is 238 g/mol. The SMILES string of the molecule is CC(N)c1nc(C(=O)N2CCC(C)(O)C2)cs1. The highest BCUT2D eigenvalue weighted by Crippen LogP contribution is 2.23. The van der Waals surface area contributed by atoms with E-state index in [9.17, 15) is 9.90 Å². The first-order valence-corrected chi connectivity index (χ1v) is 6.50. The summed E-state index contributed by atoms with van der Waals surface area (Å²) >= 11 is 1.40. The highest BCUT2D eigenvalue weighted by molar-refractivity contribution is 7.09. The van der Waals surface area contributed by atoms with Crippen molar-refractivity contribution in [2.45, 2.75) is 31.9 Å². The molecule has 1 fully saturated rings. The summed E-state index contributed by atoms with van der Waals surface area (Å²) in [4.78, 5) is 18.0. The van der Waals surface area contributed by atoms with Gasteiger partial charge < -0.3 is 15.7 Å². The van der Waals surface area contributed by atoms with E-state index in [-0.39, 0.29) is 11.9 Å². The second-order valence-electron chi connectivity index (χ2n) is 4.83. The Kier molecular flexibility index (Phi) is 3.20. The van der Waals surface area contributed by atoms with Gasteiger partial charge in [-0.05, 0) is 20.3 Å². The summed E-state index contributed by atoms with van der Waals surface area (Å²) in [5, 5.41) is 12.3. The zero-order valence-electron chi connectivity index (χ0n) is 10.0. The Morgan fingerprint density at radius 2 is 2.47 bits per heavy atom. The monoisotopic (exact) mass is 255 g/mol. The summed E-state index contributed by atoms with van der Waals surface area (Å²) in [7, 11) is 0. The van der Waals surface area contributed by atoms with E-state index in [1.807, 2.05) is 6.92 Å². The van der Waals surface area contributed by atoms with Gasteiger partial charge >= 0.3 is 0 Å². The normalized spacial score (nSPS) is 26.2. The number of β-amino-alcohol motifs (C(OH)–C–C–N with tert-alkyl or cyclic N) is 1. The van der Waals surface area contributed by atoms with Crippen molar-refractivity contribution >= 4 is 17.2 Å². The molecule has 1 aliphatic heterocycles. The standard InChI is InChI=1S/C11H17N3O2S/c1-7(12)9-13-8(5-17-9)10(15)14-4-3-11(2,16)6-14/h5,7,16H,3-4,6,12H2,1-2H3. The van der Waals surface area contributed by atoms with Gasteiger partial charge in [0, 0.05) is 18.5 Å². The van der Waals surface area contributed by atoms with Crippen LogP contribution >= 0.6 is 11.3 Å². The zero-order chi connectivity index (χ0) is 12.6. The Balaban J connectivity index is 2.10. The number of hydrogen-bond donors (Lipinski definition) is 2. The number of rotatable bonds is 2. The third-order valence-corrected chi connectivity index (χ3v) is 3.92. The van der Waals surface area contributed by atoms with Gasteiger partial charge in [0.2, 0.25) is 0 Å². The first-order chi connectivity index (χ1) is 7.89. The second kappa shape index (κ2) is 4.36. The van der Waals surface area contributed by atoms with Crippen LogP contribution in [-0.2, 0) is 0 Å². The van der Waals surface area contributed by atoms with Gasteiger partial charge in [-0.1, -0.05) is 0 Å². The Bertz CT molecular complexity index is 428. The number of aliphatic hydroxyl groups is 1. The molecule has 1 aromatic rings. The highest BCUT2D eigenvalue weighted by Gasteiger charge is 2.35. The molecule has 17 heavy (non-hydrogen) atoms. The predicted octanol–water partition coefficient (Wildman–Crippen LogP) is 0.760. The number of carbonyl (C=O) groups excluding carboxylic acids is 1. The Morgan fingerprint density at radius 3 is 2.94 bits per heavy atom. The van der Waals surface area contributed by atoms with Crippen LogP contribution in [0.1, 0.15) is 41.8 Å². The van der Waals surface area contributed by atoms with Crippen LogP contribution in [0.4, 0.5) is 0 Å². The molecule has 2 heterocycles. The summed E-state index contributed by atoms with van der Waals surface area (Å²) in [5.41, 5.74) is 5.37. The predicted molar refractivity (Wildman–Crippen MR) is 65.9 cm³/mol. The van der Waals surface area contributed by atoms with Gasteiger partial charge in [0.25, 0.3) is 5.91 Å². The van der Waals surface area contributed by atoms with Crippen LogP contribution in [0.5, 0.6) is 0 Å². The fraction of sp³-hybridized carbons (Fsp3) is 0.636. The summed E-state index contributed by atoms with van der Waals surface area (Å²) < 4.78 is 0. The Morgan fingerprint density at radius 1 is 1.76 bits per heavy atom. The molecule has 0 aromatic carbocycles. The molecule has 0 aliphatic carbocycles. The van der Waals surface area contributed by atoms with Gasteiger partial charge in [-0.3, -0.25) is 4.79 Å². The molecular formula is C11H17N3O2S. The van der Waals surface area contributed by atoms with E-state index in [0.717, 1.165) is 5.01 Å². The first kappa shape index (κ1) is 12.5. The summed E-state index contributed by atoms with van der Waals surface area (Å²) in [6.07, 6.45) is 0.614. The van der Waals surface area contributed by atoms with Gasteiger partial charge in [-0.25, -0.2) is 4.98 Å². The van der Waals surface area contributed by atoms with E-state index in [1.165, 1.54) is 11.3 Å². The van der Waals surface area contributed by atoms with Crippen molar-refractivity contribution in [2.24, 2.45) is 5.73 Å². The molecule has 3 N–H and O–H groups in total. The average Bonchev–Trinajstić information content (AvgIpc) is 2.83. The lowest BCUT2D eigenvalue weighted by atomic mass is 10.1. The lowest BCUT2D eigenvalue weighted by Crippen LogP contribution is -2.34. The van der Waals surface area contributed by atoms with Crippen LogP contribution in [0.2, 0.25) is 0 Å². The van der Waals surface area contributed by atoms with Gasteiger partial charge in [0.05, 0.1) is 11.6 Å². The summed E-state index contributed by atoms with van der Waals surface area (Å²) in [6, 6.07) is -0.150. The van der Waals surface area contributed by atoms with Crippen molar-refractivity contribution in [1.29, 1.82) is 0 Å². The number of hydrogen-bond acceptors (Lipinski definition) is 5. The van der Waals surface area contributed by atoms with Crippen molar-refractivity contribution in [1.82, 2.24) is 9.88 Å². The molecule has 2 unspecified atom stereocenters. The van der Waals surface area contributed by atoms with Crippen LogP contribution in [0, 0.1) is 0 Å².